The molecular weight excluding hydrogens is 246 g/mol. The maximum atomic E-state index is 12.0. The van der Waals surface area contributed by atoms with E-state index < -0.39 is 5.76 Å². The van der Waals surface area contributed by atoms with E-state index in [4.69, 9.17) is 4.42 Å². The van der Waals surface area contributed by atoms with Crippen LogP contribution in [0.4, 0.5) is 0 Å². The van der Waals surface area contributed by atoms with Gasteiger partial charge in [0.15, 0.2) is 11.2 Å². The molecule has 19 heavy (non-hydrogen) atoms. The van der Waals surface area contributed by atoms with Crippen LogP contribution in [0.2, 0.25) is 0 Å². The van der Waals surface area contributed by atoms with Gasteiger partial charge in [0.1, 0.15) is 6.54 Å². The van der Waals surface area contributed by atoms with Crippen molar-refractivity contribution < 1.29 is 9.21 Å². The van der Waals surface area contributed by atoms with E-state index in [1.807, 2.05) is 0 Å². The average Bonchev–Trinajstić information content (AvgIpc) is 2.72. The first-order valence-corrected chi connectivity index (χ1v) is 6.31. The number of likely N-dealkylation sites (N-methyl/N-ethyl adjacent to an activating group) is 1. The minimum Gasteiger partial charge on any atom is -0.406 e. The molecule has 0 aliphatic rings. The van der Waals surface area contributed by atoms with Crippen molar-refractivity contribution in [2.45, 2.75) is 26.3 Å². The Morgan fingerprint density at radius 2 is 2.32 bits per heavy atom. The maximum Gasteiger partial charge on any atom is 0.421 e. The van der Waals surface area contributed by atoms with Gasteiger partial charge in [-0.15, -0.1) is 0 Å². The molecule has 0 spiro atoms. The summed E-state index contributed by atoms with van der Waals surface area (Å²) in [6.45, 7) is 2.71. The van der Waals surface area contributed by atoms with Crippen LogP contribution in [0.5, 0.6) is 0 Å². The van der Waals surface area contributed by atoms with Gasteiger partial charge in [-0.3, -0.25) is 4.79 Å². The Morgan fingerprint density at radius 3 is 3.05 bits per heavy atom. The highest BCUT2D eigenvalue weighted by Gasteiger charge is 2.15. The molecule has 102 valence electrons. The lowest BCUT2D eigenvalue weighted by atomic mass is 10.3. The SMILES string of the molecule is CCCCN(C)C(=O)Cn1c(=O)oc2cccnc21. The number of pyridine rings is 1. The van der Waals surface area contributed by atoms with Gasteiger partial charge < -0.3 is 9.32 Å². The van der Waals surface area contributed by atoms with Crippen molar-refractivity contribution in [3.8, 4) is 0 Å². The van der Waals surface area contributed by atoms with Crippen molar-refractivity contribution >= 4 is 17.1 Å². The summed E-state index contributed by atoms with van der Waals surface area (Å²) in [7, 11) is 1.73. The van der Waals surface area contributed by atoms with Crippen molar-refractivity contribution in [3.05, 3.63) is 28.9 Å². The molecular formula is C13H17N3O3. The third kappa shape index (κ3) is 2.83. The Balaban J connectivity index is 2.19. The van der Waals surface area contributed by atoms with E-state index in [1.165, 1.54) is 4.57 Å². The Hall–Kier alpha value is -2.11. The number of carbonyl (C=O) groups is 1. The molecule has 2 rings (SSSR count). The molecule has 0 atom stereocenters. The highest BCUT2D eigenvalue weighted by molar-refractivity contribution is 5.78. The lowest BCUT2D eigenvalue weighted by molar-refractivity contribution is -0.130. The fourth-order valence-corrected chi connectivity index (χ4v) is 1.82. The molecule has 0 aliphatic carbocycles. The average molecular weight is 263 g/mol. The van der Waals surface area contributed by atoms with E-state index >= 15 is 0 Å². The summed E-state index contributed by atoms with van der Waals surface area (Å²) in [5.74, 6) is -0.671. The molecule has 0 radical (unpaired) electrons. The number of nitrogens with zero attached hydrogens (tertiary/aromatic N) is 3. The number of hydrogen-bond acceptors (Lipinski definition) is 4. The van der Waals surface area contributed by atoms with E-state index in [2.05, 4.69) is 11.9 Å². The summed E-state index contributed by atoms with van der Waals surface area (Å²) >= 11 is 0. The Bertz CT molecular complexity index is 629. The van der Waals surface area contributed by atoms with Gasteiger partial charge in [0.2, 0.25) is 5.91 Å². The smallest absolute Gasteiger partial charge is 0.406 e. The van der Waals surface area contributed by atoms with Gasteiger partial charge in [-0.05, 0) is 18.6 Å². The third-order valence-electron chi connectivity index (χ3n) is 2.99. The van der Waals surface area contributed by atoms with Gasteiger partial charge in [-0.25, -0.2) is 14.3 Å². The van der Waals surface area contributed by atoms with E-state index in [-0.39, 0.29) is 12.5 Å². The molecule has 0 aromatic carbocycles. The van der Waals surface area contributed by atoms with Gasteiger partial charge in [-0.1, -0.05) is 13.3 Å². The van der Waals surface area contributed by atoms with E-state index in [0.717, 1.165) is 12.8 Å². The van der Waals surface area contributed by atoms with Crippen LogP contribution in [0.3, 0.4) is 0 Å². The van der Waals surface area contributed by atoms with E-state index in [9.17, 15) is 9.59 Å². The summed E-state index contributed by atoms with van der Waals surface area (Å²) < 4.78 is 6.30. The summed E-state index contributed by atoms with van der Waals surface area (Å²) in [4.78, 5) is 29.4. The van der Waals surface area contributed by atoms with Crippen LogP contribution in [-0.4, -0.2) is 34.0 Å². The number of unbranched alkanes of at least 4 members (excludes halogenated alkanes) is 1. The lowest BCUT2D eigenvalue weighted by Gasteiger charge is -2.16. The van der Waals surface area contributed by atoms with Gasteiger partial charge in [0.05, 0.1) is 0 Å². The van der Waals surface area contributed by atoms with E-state index in [1.54, 1.807) is 30.3 Å². The molecule has 6 nitrogen and oxygen atoms in total. The molecule has 2 heterocycles. The molecule has 0 saturated heterocycles. The van der Waals surface area contributed by atoms with Crippen molar-refractivity contribution in [3.63, 3.8) is 0 Å². The second-order valence-electron chi connectivity index (χ2n) is 4.45. The Labute approximate surface area is 110 Å². The number of aromatic nitrogens is 2. The summed E-state index contributed by atoms with van der Waals surface area (Å²) in [6, 6.07) is 3.34. The first kappa shape index (κ1) is 13.3. The summed E-state index contributed by atoms with van der Waals surface area (Å²) in [5.41, 5.74) is 0.807. The Morgan fingerprint density at radius 1 is 1.53 bits per heavy atom. The molecule has 0 bridgehead atoms. The number of amides is 1. The minimum atomic E-state index is -0.550. The lowest BCUT2D eigenvalue weighted by Crippen LogP contribution is -2.33. The second kappa shape index (κ2) is 5.69. The summed E-state index contributed by atoms with van der Waals surface area (Å²) in [5, 5.41) is 0. The number of fused-ring (bicyclic) bond motifs is 1. The summed E-state index contributed by atoms with van der Waals surface area (Å²) in [6.07, 6.45) is 3.54. The molecule has 0 fully saturated rings. The molecule has 2 aromatic rings. The molecule has 6 heteroatoms. The number of rotatable bonds is 5. The maximum absolute atomic E-state index is 12.0. The van der Waals surface area contributed by atoms with Crippen molar-refractivity contribution in [2.24, 2.45) is 0 Å². The standard InChI is InChI=1S/C13H17N3O3/c1-3-4-8-15(2)11(17)9-16-12-10(19-13(16)18)6-5-7-14-12/h5-7H,3-4,8-9H2,1-2H3. The first-order chi connectivity index (χ1) is 9.13. The zero-order chi connectivity index (χ0) is 13.8. The molecule has 0 unspecified atom stereocenters. The zero-order valence-electron chi connectivity index (χ0n) is 11.1. The quantitative estimate of drug-likeness (QED) is 0.814. The molecule has 2 aromatic heterocycles. The van der Waals surface area contributed by atoms with Crippen molar-refractivity contribution in [1.82, 2.24) is 14.5 Å². The predicted molar refractivity (Wildman–Crippen MR) is 70.8 cm³/mol. The van der Waals surface area contributed by atoms with Crippen LogP contribution in [0.1, 0.15) is 19.8 Å². The van der Waals surface area contributed by atoms with Crippen molar-refractivity contribution in [2.75, 3.05) is 13.6 Å². The van der Waals surface area contributed by atoms with Gasteiger partial charge in [0, 0.05) is 19.8 Å². The fraction of sp³-hybridized carbons (Fsp3) is 0.462. The third-order valence-corrected chi connectivity index (χ3v) is 2.99. The first-order valence-electron chi connectivity index (χ1n) is 6.31. The van der Waals surface area contributed by atoms with E-state index in [0.29, 0.717) is 17.8 Å². The fourth-order valence-electron chi connectivity index (χ4n) is 1.82. The van der Waals surface area contributed by atoms with Crippen LogP contribution in [0, 0.1) is 0 Å². The van der Waals surface area contributed by atoms with Crippen LogP contribution in [0.15, 0.2) is 27.5 Å². The number of carbonyl (C=O) groups excluding carboxylic acids is 1. The highest BCUT2D eigenvalue weighted by Crippen LogP contribution is 2.08. The van der Waals surface area contributed by atoms with Gasteiger partial charge in [0.25, 0.3) is 0 Å². The van der Waals surface area contributed by atoms with Gasteiger partial charge >= 0.3 is 5.76 Å². The van der Waals surface area contributed by atoms with Crippen LogP contribution < -0.4 is 5.76 Å². The van der Waals surface area contributed by atoms with Crippen LogP contribution in [0.25, 0.3) is 11.2 Å². The predicted octanol–water partition coefficient (Wildman–Crippen LogP) is 1.25. The topological polar surface area (TPSA) is 68.3 Å². The molecule has 0 N–H and O–H groups in total. The second-order valence-corrected chi connectivity index (χ2v) is 4.45. The number of oxazole rings is 1. The molecule has 1 amide bonds. The normalized spacial score (nSPS) is 10.8. The number of hydrogen-bond donors (Lipinski definition) is 0. The monoisotopic (exact) mass is 263 g/mol. The molecule has 0 saturated carbocycles. The highest BCUT2D eigenvalue weighted by atomic mass is 16.4. The van der Waals surface area contributed by atoms with Gasteiger partial charge in [-0.2, -0.15) is 0 Å². The molecule has 0 aliphatic heterocycles. The van der Waals surface area contributed by atoms with Crippen LogP contribution >= 0.6 is 0 Å². The Kier molecular flexibility index (Phi) is 3.99. The zero-order valence-corrected chi connectivity index (χ0v) is 11.1. The van der Waals surface area contributed by atoms with Crippen molar-refractivity contribution in [1.29, 1.82) is 0 Å². The minimum absolute atomic E-state index is 0.0386. The largest absolute Gasteiger partial charge is 0.421 e. The van der Waals surface area contributed by atoms with Crippen LogP contribution in [-0.2, 0) is 11.3 Å².